The van der Waals surface area contributed by atoms with Gasteiger partial charge in [0.25, 0.3) is 5.91 Å². The summed E-state index contributed by atoms with van der Waals surface area (Å²) in [6.45, 7) is 7.01. The van der Waals surface area contributed by atoms with Crippen molar-refractivity contribution in [3.63, 3.8) is 0 Å². The number of ether oxygens (including phenoxy) is 1. The number of carbonyl (C=O) groups excluding carboxylic acids is 2. The van der Waals surface area contributed by atoms with Crippen molar-refractivity contribution in [1.82, 2.24) is 9.88 Å². The SMILES string of the molecule is CCC1Oc2ccc(-c3csc(-c4ccccc4)n3)cc2N(CC(=O)N(CC)CC)C1=O. The summed E-state index contributed by atoms with van der Waals surface area (Å²) in [5.74, 6) is 0.364. The summed E-state index contributed by atoms with van der Waals surface area (Å²) >= 11 is 1.58. The van der Waals surface area contributed by atoms with E-state index in [-0.39, 0.29) is 18.4 Å². The van der Waals surface area contributed by atoms with E-state index in [0.717, 1.165) is 21.8 Å². The average Bonchev–Trinajstić information content (AvgIpc) is 3.32. The third-order valence-corrected chi connectivity index (χ3v) is 6.55. The molecular weight excluding hydrogens is 422 g/mol. The van der Waals surface area contributed by atoms with E-state index in [1.165, 1.54) is 0 Å². The first kappa shape index (κ1) is 22.0. The zero-order valence-corrected chi connectivity index (χ0v) is 19.4. The van der Waals surface area contributed by atoms with E-state index >= 15 is 0 Å². The van der Waals surface area contributed by atoms with Crippen LogP contribution < -0.4 is 9.64 Å². The first-order valence-electron chi connectivity index (χ1n) is 11.0. The third kappa shape index (κ3) is 4.25. The monoisotopic (exact) mass is 449 g/mol. The largest absolute Gasteiger partial charge is 0.478 e. The Hall–Kier alpha value is -3.19. The maximum atomic E-state index is 13.1. The highest BCUT2D eigenvalue weighted by atomic mass is 32.1. The van der Waals surface area contributed by atoms with E-state index in [0.29, 0.717) is 30.9 Å². The van der Waals surface area contributed by atoms with Crippen LogP contribution in [0.3, 0.4) is 0 Å². The Bertz CT molecular complexity index is 1110. The number of likely N-dealkylation sites (N-methyl/N-ethyl adjacent to an activating group) is 1. The van der Waals surface area contributed by atoms with Crippen molar-refractivity contribution in [3.05, 3.63) is 53.9 Å². The fraction of sp³-hybridized carbons (Fsp3) is 0.320. The van der Waals surface area contributed by atoms with Gasteiger partial charge in [0.2, 0.25) is 5.91 Å². The summed E-state index contributed by atoms with van der Waals surface area (Å²) in [6.07, 6.45) is -0.0375. The van der Waals surface area contributed by atoms with Gasteiger partial charge in [-0.15, -0.1) is 11.3 Å². The fourth-order valence-electron chi connectivity index (χ4n) is 3.84. The molecule has 1 aliphatic heterocycles. The number of fused-ring (bicyclic) bond motifs is 1. The maximum absolute atomic E-state index is 13.1. The molecule has 1 aliphatic rings. The topological polar surface area (TPSA) is 62.7 Å². The summed E-state index contributed by atoms with van der Waals surface area (Å²) in [5, 5.41) is 2.95. The van der Waals surface area contributed by atoms with E-state index in [1.54, 1.807) is 21.1 Å². The number of aromatic nitrogens is 1. The van der Waals surface area contributed by atoms with Gasteiger partial charge in [0.1, 0.15) is 17.3 Å². The van der Waals surface area contributed by atoms with Gasteiger partial charge in [-0.3, -0.25) is 14.5 Å². The van der Waals surface area contributed by atoms with Crippen molar-refractivity contribution in [2.75, 3.05) is 24.5 Å². The van der Waals surface area contributed by atoms with E-state index in [2.05, 4.69) is 0 Å². The molecule has 32 heavy (non-hydrogen) atoms. The first-order valence-corrected chi connectivity index (χ1v) is 11.8. The minimum Gasteiger partial charge on any atom is -0.478 e. The van der Waals surface area contributed by atoms with Crippen LogP contribution in [0.4, 0.5) is 5.69 Å². The van der Waals surface area contributed by atoms with E-state index in [4.69, 9.17) is 9.72 Å². The molecule has 0 fully saturated rings. The van der Waals surface area contributed by atoms with Crippen molar-refractivity contribution in [2.45, 2.75) is 33.3 Å². The number of nitrogens with zero attached hydrogens (tertiary/aromatic N) is 3. The number of hydrogen-bond acceptors (Lipinski definition) is 5. The summed E-state index contributed by atoms with van der Waals surface area (Å²) in [7, 11) is 0. The van der Waals surface area contributed by atoms with Gasteiger partial charge >= 0.3 is 0 Å². The van der Waals surface area contributed by atoms with E-state index in [9.17, 15) is 9.59 Å². The van der Waals surface area contributed by atoms with Crippen molar-refractivity contribution in [2.24, 2.45) is 0 Å². The van der Waals surface area contributed by atoms with E-state index in [1.807, 2.05) is 74.7 Å². The molecule has 0 radical (unpaired) electrons. The Morgan fingerprint density at radius 2 is 1.84 bits per heavy atom. The van der Waals surface area contributed by atoms with Crippen LogP contribution in [-0.4, -0.2) is 47.4 Å². The van der Waals surface area contributed by atoms with Gasteiger partial charge in [-0.1, -0.05) is 37.3 Å². The lowest BCUT2D eigenvalue weighted by Crippen LogP contribution is -2.50. The summed E-state index contributed by atoms with van der Waals surface area (Å²) < 4.78 is 5.95. The van der Waals surface area contributed by atoms with Crippen molar-refractivity contribution >= 4 is 28.8 Å². The molecule has 2 aromatic carbocycles. The van der Waals surface area contributed by atoms with Crippen molar-refractivity contribution in [1.29, 1.82) is 0 Å². The predicted octanol–water partition coefficient (Wildman–Crippen LogP) is 4.85. The molecule has 1 aromatic heterocycles. The molecule has 166 valence electrons. The third-order valence-electron chi connectivity index (χ3n) is 5.66. The molecule has 7 heteroatoms. The van der Waals surface area contributed by atoms with Crippen LogP contribution in [0.15, 0.2) is 53.9 Å². The highest BCUT2D eigenvalue weighted by Gasteiger charge is 2.35. The van der Waals surface area contributed by atoms with Crippen molar-refractivity contribution in [3.8, 4) is 27.6 Å². The summed E-state index contributed by atoms with van der Waals surface area (Å²) in [6, 6.07) is 15.8. The molecule has 0 aliphatic carbocycles. The van der Waals surface area contributed by atoms with Crippen LogP contribution in [0.25, 0.3) is 21.8 Å². The van der Waals surface area contributed by atoms with Crippen LogP contribution in [0, 0.1) is 0 Å². The fourth-order valence-corrected chi connectivity index (χ4v) is 4.67. The van der Waals surface area contributed by atoms with Gasteiger partial charge in [0.15, 0.2) is 6.10 Å². The molecule has 4 rings (SSSR count). The standard InChI is InChI=1S/C25H27N3O3S/c1-4-21-25(30)28(15-23(29)27(5-2)6-3)20-14-18(12-13-22(20)31-21)19-16-32-24(26-19)17-10-8-7-9-11-17/h7-14,16,21H,4-6,15H2,1-3H3. The number of carbonyl (C=O) groups is 2. The summed E-state index contributed by atoms with van der Waals surface area (Å²) in [5.41, 5.74) is 3.40. The second kappa shape index (κ2) is 9.53. The normalized spacial score (nSPS) is 15.3. The van der Waals surface area contributed by atoms with Crippen LogP contribution in [0.1, 0.15) is 27.2 Å². The minimum atomic E-state index is -0.582. The zero-order valence-electron chi connectivity index (χ0n) is 18.6. The molecule has 0 spiro atoms. The van der Waals surface area contributed by atoms with Gasteiger partial charge < -0.3 is 9.64 Å². The highest BCUT2D eigenvalue weighted by Crippen LogP contribution is 2.39. The summed E-state index contributed by atoms with van der Waals surface area (Å²) in [4.78, 5) is 34.0. The average molecular weight is 450 g/mol. The van der Waals surface area contributed by atoms with Gasteiger partial charge in [-0.2, -0.15) is 0 Å². The van der Waals surface area contributed by atoms with Crippen LogP contribution in [-0.2, 0) is 9.59 Å². The first-order chi connectivity index (χ1) is 15.5. The van der Waals surface area contributed by atoms with Crippen molar-refractivity contribution < 1.29 is 14.3 Å². The zero-order chi connectivity index (χ0) is 22.7. The second-order valence-corrected chi connectivity index (χ2v) is 8.45. The number of hydrogen-bond donors (Lipinski definition) is 0. The van der Waals surface area contributed by atoms with Gasteiger partial charge in [0.05, 0.1) is 11.4 Å². The molecule has 3 aromatic rings. The molecule has 6 nitrogen and oxygen atoms in total. The number of amides is 2. The van der Waals surface area contributed by atoms with Crippen LogP contribution in [0.2, 0.25) is 0 Å². The molecule has 1 unspecified atom stereocenters. The Balaban J connectivity index is 1.69. The lowest BCUT2D eigenvalue weighted by Gasteiger charge is -2.35. The molecule has 0 saturated carbocycles. The number of anilines is 1. The van der Waals surface area contributed by atoms with Gasteiger partial charge in [0, 0.05) is 29.6 Å². The lowest BCUT2D eigenvalue weighted by atomic mass is 10.1. The smallest absolute Gasteiger partial charge is 0.268 e. The molecular formula is C25H27N3O3S. The Kier molecular flexibility index (Phi) is 6.55. The number of rotatable bonds is 7. The molecule has 2 heterocycles. The molecule has 2 amide bonds. The minimum absolute atomic E-state index is 0.00313. The van der Waals surface area contributed by atoms with E-state index < -0.39 is 6.10 Å². The van der Waals surface area contributed by atoms with Gasteiger partial charge in [-0.25, -0.2) is 4.98 Å². The Morgan fingerprint density at radius 3 is 2.53 bits per heavy atom. The Morgan fingerprint density at radius 1 is 1.09 bits per heavy atom. The second-order valence-electron chi connectivity index (χ2n) is 7.59. The molecule has 0 N–H and O–H groups in total. The lowest BCUT2D eigenvalue weighted by molar-refractivity contribution is -0.133. The Labute approximate surface area is 192 Å². The maximum Gasteiger partial charge on any atom is 0.268 e. The molecule has 0 saturated heterocycles. The molecule has 0 bridgehead atoms. The quantitative estimate of drug-likeness (QED) is 0.517. The van der Waals surface area contributed by atoms with Crippen LogP contribution in [0.5, 0.6) is 5.75 Å². The van der Waals surface area contributed by atoms with Crippen LogP contribution >= 0.6 is 11.3 Å². The predicted molar refractivity (Wildman–Crippen MR) is 128 cm³/mol. The van der Waals surface area contributed by atoms with Gasteiger partial charge in [-0.05, 0) is 38.5 Å². The number of thiazole rings is 1. The number of benzene rings is 2. The molecule has 1 atom stereocenters. The highest BCUT2D eigenvalue weighted by molar-refractivity contribution is 7.13.